The van der Waals surface area contributed by atoms with Gasteiger partial charge in [-0.15, -0.1) is 0 Å². The summed E-state index contributed by atoms with van der Waals surface area (Å²) in [6, 6.07) is 9.01. The molecular formula is C17H23N3O2. The summed E-state index contributed by atoms with van der Waals surface area (Å²) in [6.07, 6.45) is 2.57. The fourth-order valence-electron chi connectivity index (χ4n) is 3.24. The predicted molar refractivity (Wildman–Crippen MR) is 85.4 cm³/mol. The Morgan fingerprint density at radius 1 is 1.32 bits per heavy atom. The van der Waals surface area contributed by atoms with Gasteiger partial charge >= 0.3 is 5.97 Å². The van der Waals surface area contributed by atoms with Crippen LogP contribution in [0.25, 0.3) is 10.4 Å². The van der Waals surface area contributed by atoms with Crippen LogP contribution in [0.1, 0.15) is 50.4 Å². The molecule has 3 atom stereocenters. The lowest BCUT2D eigenvalue weighted by molar-refractivity contribution is -0.0219. The molecule has 2 rings (SSSR count). The highest BCUT2D eigenvalue weighted by Gasteiger charge is 2.40. The normalized spacial score (nSPS) is 25.1. The summed E-state index contributed by atoms with van der Waals surface area (Å²) in [6.45, 7) is 5.99. The molecule has 0 aliphatic heterocycles. The van der Waals surface area contributed by atoms with E-state index < -0.39 is 5.54 Å². The Morgan fingerprint density at radius 2 is 2.00 bits per heavy atom. The van der Waals surface area contributed by atoms with Crippen molar-refractivity contribution in [2.75, 3.05) is 0 Å². The lowest BCUT2D eigenvalue weighted by atomic mass is 9.72. The molecule has 5 nitrogen and oxygen atoms in total. The monoisotopic (exact) mass is 301 g/mol. The third-order valence-corrected chi connectivity index (χ3v) is 4.53. The molecule has 0 aromatic heterocycles. The lowest BCUT2D eigenvalue weighted by Crippen LogP contribution is -2.43. The van der Waals surface area contributed by atoms with E-state index in [2.05, 4.69) is 16.9 Å². The molecule has 0 radical (unpaired) electrons. The molecule has 1 aliphatic rings. The first-order chi connectivity index (χ1) is 10.4. The highest BCUT2D eigenvalue weighted by atomic mass is 16.5. The quantitative estimate of drug-likeness (QED) is 0.348. The van der Waals surface area contributed by atoms with Crippen LogP contribution in [0.3, 0.4) is 0 Å². The van der Waals surface area contributed by atoms with Crippen LogP contribution in [0.15, 0.2) is 35.4 Å². The van der Waals surface area contributed by atoms with Crippen LogP contribution in [-0.2, 0) is 4.74 Å². The molecule has 1 aromatic carbocycles. The second-order valence-corrected chi connectivity index (χ2v) is 6.68. The van der Waals surface area contributed by atoms with E-state index in [9.17, 15) is 4.79 Å². The summed E-state index contributed by atoms with van der Waals surface area (Å²) in [7, 11) is 0. The average Bonchev–Trinajstić information content (AvgIpc) is 2.48. The van der Waals surface area contributed by atoms with E-state index in [0.29, 0.717) is 11.5 Å². The third-order valence-electron chi connectivity index (χ3n) is 4.53. The zero-order valence-corrected chi connectivity index (χ0v) is 13.4. The van der Waals surface area contributed by atoms with Crippen LogP contribution >= 0.6 is 0 Å². The van der Waals surface area contributed by atoms with Crippen LogP contribution in [0.2, 0.25) is 0 Å². The molecule has 1 aliphatic carbocycles. The van der Waals surface area contributed by atoms with Crippen molar-refractivity contribution in [2.24, 2.45) is 17.0 Å². The van der Waals surface area contributed by atoms with Crippen molar-refractivity contribution in [3.05, 3.63) is 46.3 Å². The van der Waals surface area contributed by atoms with Crippen LogP contribution in [0.5, 0.6) is 0 Å². The molecule has 1 fully saturated rings. The Balaban J connectivity index is 2.17. The number of esters is 1. The average molecular weight is 301 g/mol. The van der Waals surface area contributed by atoms with Gasteiger partial charge in [0.2, 0.25) is 0 Å². The van der Waals surface area contributed by atoms with Gasteiger partial charge in [-0.1, -0.05) is 50.5 Å². The van der Waals surface area contributed by atoms with Gasteiger partial charge in [-0.25, -0.2) is 4.79 Å². The van der Waals surface area contributed by atoms with E-state index >= 15 is 0 Å². The van der Waals surface area contributed by atoms with Crippen LogP contribution in [0.4, 0.5) is 0 Å². The molecule has 0 spiro atoms. The van der Waals surface area contributed by atoms with Gasteiger partial charge in [-0.2, -0.15) is 0 Å². The SMILES string of the molecule is C[C@@H]1CC[C@@H](C(C)(C)N=[N+]=[N-])[C@H](OC(=O)c2ccccc2)C1. The summed E-state index contributed by atoms with van der Waals surface area (Å²) >= 11 is 0. The third kappa shape index (κ3) is 3.80. The topological polar surface area (TPSA) is 75.1 Å². The van der Waals surface area contributed by atoms with Crippen LogP contribution < -0.4 is 0 Å². The van der Waals surface area contributed by atoms with Crippen molar-refractivity contribution in [3.63, 3.8) is 0 Å². The molecule has 1 saturated carbocycles. The Hall–Kier alpha value is -2.00. The van der Waals surface area contributed by atoms with Gasteiger partial charge in [0.05, 0.1) is 5.56 Å². The number of carbonyl (C=O) groups is 1. The Kier molecular flexibility index (Phi) is 5.09. The van der Waals surface area contributed by atoms with E-state index in [1.807, 2.05) is 32.0 Å². The minimum Gasteiger partial charge on any atom is -0.458 e. The number of carbonyl (C=O) groups excluding carboxylic acids is 1. The molecule has 22 heavy (non-hydrogen) atoms. The minimum absolute atomic E-state index is 0.0484. The molecule has 0 bridgehead atoms. The van der Waals surface area contributed by atoms with Crippen molar-refractivity contribution in [2.45, 2.75) is 51.7 Å². The van der Waals surface area contributed by atoms with Gasteiger partial charge < -0.3 is 4.74 Å². The molecule has 0 amide bonds. The van der Waals surface area contributed by atoms with E-state index in [-0.39, 0.29) is 18.0 Å². The van der Waals surface area contributed by atoms with Gasteiger partial charge in [-0.3, -0.25) is 0 Å². The minimum atomic E-state index is -0.559. The zero-order chi connectivity index (χ0) is 16.2. The van der Waals surface area contributed by atoms with Crippen molar-refractivity contribution in [3.8, 4) is 0 Å². The van der Waals surface area contributed by atoms with Crippen LogP contribution in [-0.4, -0.2) is 17.6 Å². The first-order valence-electron chi connectivity index (χ1n) is 7.76. The molecule has 5 heteroatoms. The van der Waals surface area contributed by atoms with Gasteiger partial charge in [0.25, 0.3) is 0 Å². The Labute approximate surface area is 131 Å². The maximum Gasteiger partial charge on any atom is 0.338 e. The summed E-state index contributed by atoms with van der Waals surface area (Å²) < 4.78 is 5.77. The standard InChI is InChI=1S/C17H23N3O2/c1-12-9-10-14(17(2,3)19-20-18)15(11-12)22-16(21)13-7-5-4-6-8-13/h4-8,12,14-15H,9-11H2,1-3H3/t12-,14-,15-/m1/s1. The van der Waals surface area contributed by atoms with E-state index in [4.69, 9.17) is 10.3 Å². The van der Waals surface area contributed by atoms with E-state index in [0.717, 1.165) is 19.3 Å². The van der Waals surface area contributed by atoms with Gasteiger partial charge in [0.15, 0.2) is 0 Å². The van der Waals surface area contributed by atoms with Crippen molar-refractivity contribution < 1.29 is 9.53 Å². The smallest absolute Gasteiger partial charge is 0.338 e. The summed E-state index contributed by atoms with van der Waals surface area (Å²) in [5.41, 5.74) is 8.78. The van der Waals surface area contributed by atoms with Gasteiger partial charge in [0, 0.05) is 16.4 Å². The molecule has 0 unspecified atom stereocenters. The predicted octanol–water partition coefficient (Wildman–Crippen LogP) is 4.74. The maximum atomic E-state index is 12.3. The zero-order valence-electron chi connectivity index (χ0n) is 13.4. The highest BCUT2D eigenvalue weighted by Crippen LogP contribution is 2.39. The highest BCUT2D eigenvalue weighted by molar-refractivity contribution is 5.89. The second-order valence-electron chi connectivity index (χ2n) is 6.68. The lowest BCUT2D eigenvalue weighted by Gasteiger charge is -2.41. The molecule has 0 heterocycles. The molecule has 0 N–H and O–H groups in total. The molecular weight excluding hydrogens is 278 g/mol. The fourth-order valence-corrected chi connectivity index (χ4v) is 3.24. The first kappa shape index (κ1) is 16.4. The van der Waals surface area contributed by atoms with Crippen molar-refractivity contribution in [1.82, 2.24) is 0 Å². The fraction of sp³-hybridized carbons (Fsp3) is 0.588. The number of ether oxygens (including phenoxy) is 1. The van der Waals surface area contributed by atoms with Gasteiger partial charge in [-0.05, 0) is 36.4 Å². The summed E-state index contributed by atoms with van der Waals surface area (Å²) in [5.74, 6) is 0.250. The first-order valence-corrected chi connectivity index (χ1v) is 7.76. The van der Waals surface area contributed by atoms with Crippen LogP contribution in [0, 0.1) is 11.8 Å². The van der Waals surface area contributed by atoms with E-state index in [1.165, 1.54) is 0 Å². The van der Waals surface area contributed by atoms with E-state index in [1.54, 1.807) is 12.1 Å². The Bertz CT molecular complexity index is 565. The Morgan fingerprint density at radius 3 is 2.64 bits per heavy atom. The number of hydrogen-bond acceptors (Lipinski definition) is 3. The molecule has 118 valence electrons. The van der Waals surface area contributed by atoms with Crippen molar-refractivity contribution in [1.29, 1.82) is 0 Å². The second kappa shape index (κ2) is 6.84. The van der Waals surface area contributed by atoms with Gasteiger partial charge in [0.1, 0.15) is 6.10 Å². The number of nitrogens with zero attached hydrogens (tertiary/aromatic N) is 3. The largest absolute Gasteiger partial charge is 0.458 e. The summed E-state index contributed by atoms with van der Waals surface area (Å²) in [4.78, 5) is 15.3. The maximum absolute atomic E-state index is 12.3. The number of benzene rings is 1. The number of rotatable bonds is 4. The number of hydrogen-bond donors (Lipinski definition) is 0. The molecule has 0 saturated heterocycles. The van der Waals surface area contributed by atoms with Crippen molar-refractivity contribution >= 4 is 5.97 Å². The summed E-state index contributed by atoms with van der Waals surface area (Å²) in [5, 5.41) is 3.92. The molecule has 1 aromatic rings. The number of azide groups is 1.